The summed E-state index contributed by atoms with van der Waals surface area (Å²) in [4.78, 5) is 22.7. The fraction of sp³-hybridized carbons (Fsp3) is 0.278. The maximum Gasteiger partial charge on any atom is 0.273 e. The number of methoxy groups -OCH3 is 1. The van der Waals surface area contributed by atoms with E-state index in [1.54, 1.807) is 19.1 Å². The Hall–Kier alpha value is -2.80. The lowest BCUT2D eigenvalue weighted by Crippen LogP contribution is -2.30. The molecule has 0 saturated heterocycles. The zero-order valence-electron chi connectivity index (χ0n) is 14.8. The zero-order valence-corrected chi connectivity index (χ0v) is 15.6. The molecule has 0 aliphatic carbocycles. The van der Waals surface area contributed by atoms with Gasteiger partial charge in [0.2, 0.25) is 0 Å². The largest absolute Gasteiger partial charge is 0.494 e. The average molecular weight is 379 g/mol. The molecular formula is C18H19ClN2O5. The summed E-state index contributed by atoms with van der Waals surface area (Å²) in [6.07, 6.45) is -0.796. The normalized spacial score (nSPS) is 11.6. The van der Waals surface area contributed by atoms with Crippen LogP contribution in [0.1, 0.15) is 18.1 Å². The molecule has 7 nitrogen and oxygen atoms in total. The topological polar surface area (TPSA) is 90.7 Å². The Balaban J connectivity index is 2.13. The third-order valence-electron chi connectivity index (χ3n) is 3.75. The number of aryl methyl sites for hydroxylation is 2. The van der Waals surface area contributed by atoms with Crippen LogP contribution in [0.3, 0.4) is 0 Å². The molecule has 1 atom stereocenters. The molecule has 0 unspecified atom stereocenters. The standard InChI is InChI=1S/C18H19ClN2O5/c1-10-7-14(8-11(2)17(10)19)26-12(3)18(22)20-15-6-5-13(21(23)24)9-16(15)25-4/h5-9,12H,1-4H3,(H,20,22)/t12-/m0/s1. The number of nitrogens with zero attached hydrogens (tertiary/aromatic N) is 1. The van der Waals surface area contributed by atoms with Gasteiger partial charge in [0.05, 0.1) is 23.8 Å². The Bertz CT molecular complexity index is 830. The number of hydrogen-bond acceptors (Lipinski definition) is 5. The van der Waals surface area contributed by atoms with Gasteiger partial charge in [0.25, 0.3) is 11.6 Å². The first-order valence-electron chi connectivity index (χ1n) is 7.79. The van der Waals surface area contributed by atoms with Crippen LogP contribution in [0.15, 0.2) is 30.3 Å². The van der Waals surface area contributed by atoms with Gasteiger partial charge >= 0.3 is 0 Å². The summed E-state index contributed by atoms with van der Waals surface area (Å²) in [6, 6.07) is 7.46. The number of amides is 1. The van der Waals surface area contributed by atoms with Gasteiger partial charge < -0.3 is 14.8 Å². The van der Waals surface area contributed by atoms with Crippen LogP contribution in [-0.2, 0) is 4.79 Å². The molecule has 8 heteroatoms. The first-order chi connectivity index (χ1) is 12.2. The van der Waals surface area contributed by atoms with Crippen molar-refractivity contribution >= 4 is 28.9 Å². The van der Waals surface area contributed by atoms with Crippen LogP contribution in [0.5, 0.6) is 11.5 Å². The second-order valence-corrected chi connectivity index (χ2v) is 6.14. The summed E-state index contributed by atoms with van der Waals surface area (Å²) < 4.78 is 10.8. The number of halogens is 1. The second-order valence-electron chi connectivity index (χ2n) is 5.76. The van der Waals surface area contributed by atoms with Crippen LogP contribution < -0.4 is 14.8 Å². The lowest BCUT2D eigenvalue weighted by atomic mass is 10.1. The molecule has 2 rings (SSSR count). The number of hydrogen-bond donors (Lipinski definition) is 1. The van der Waals surface area contributed by atoms with Gasteiger partial charge in [-0.2, -0.15) is 0 Å². The molecule has 0 aliphatic heterocycles. The van der Waals surface area contributed by atoms with E-state index in [0.29, 0.717) is 16.5 Å². The number of carbonyl (C=O) groups excluding carboxylic acids is 1. The highest BCUT2D eigenvalue weighted by Gasteiger charge is 2.19. The summed E-state index contributed by atoms with van der Waals surface area (Å²) in [5.41, 5.74) is 1.90. The third kappa shape index (κ3) is 4.43. The van der Waals surface area contributed by atoms with Gasteiger partial charge in [0, 0.05) is 11.1 Å². The summed E-state index contributed by atoms with van der Waals surface area (Å²) in [5, 5.41) is 14.1. The molecule has 1 amide bonds. The maximum atomic E-state index is 12.4. The van der Waals surface area contributed by atoms with E-state index in [2.05, 4.69) is 5.32 Å². The molecule has 0 bridgehead atoms. The number of ether oxygens (including phenoxy) is 2. The van der Waals surface area contributed by atoms with Crippen LogP contribution >= 0.6 is 11.6 Å². The molecule has 0 fully saturated rings. The van der Waals surface area contributed by atoms with E-state index in [4.69, 9.17) is 21.1 Å². The van der Waals surface area contributed by atoms with Crippen molar-refractivity contribution in [1.82, 2.24) is 0 Å². The molecule has 0 heterocycles. The smallest absolute Gasteiger partial charge is 0.273 e. The third-order valence-corrected chi connectivity index (χ3v) is 4.34. The summed E-state index contributed by atoms with van der Waals surface area (Å²) in [6.45, 7) is 5.32. The summed E-state index contributed by atoms with van der Waals surface area (Å²) in [5.74, 6) is 0.308. The molecule has 0 radical (unpaired) electrons. The highest BCUT2D eigenvalue weighted by molar-refractivity contribution is 6.32. The van der Waals surface area contributed by atoms with Gasteiger partial charge in [-0.3, -0.25) is 14.9 Å². The van der Waals surface area contributed by atoms with Crippen molar-refractivity contribution in [1.29, 1.82) is 0 Å². The minimum Gasteiger partial charge on any atom is -0.494 e. The Labute approximate surface area is 156 Å². The predicted octanol–water partition coefficient (Wildman–Crippen LogP) is 4.28. The molecule has 1 N–H and O–H groups in total. The highest BCUT2D eigenvalue weighted by Crippen LogP contribution is 2.30. The van der Waals surface area contributed by atoms with Gasteiger partial charge in [-0.15, -0.1) is 0 Å². The molecule has 2 aromatic rings. The van der Waals surface area contributed by atoms with Gasteiger partial charge in [0.15, 0.2) is 6.10 Å². The number of benzene rings is 2. The van der Waals surface area contributed by atoms with Crippen molar-refractivity contribution < 1.29 is 19.2 Å². The quantitative estimate of drug-likeness (QED) is 0.598. The van der Waals surface area contributed by atoms with Crippen LogP contribution in [0.4, 0.5) is 11.4 Å². The number of nitro benzene ring substituents is 1. The molecule has 0 spiro atoms. The van der Waals surface area contributed by atoms with E-state index in [0.717, 1.165) is 11.1 Å². The van der Waals surface area contributed by atoms with Crippen LogP contribution in [-0.4, -0.2) is 24.0 Å². The first-order valence-corrected chi connectivity index (χ1v) is 8.17. The second kappa shape index (κ2) is 8.05. The number of carbonyl (C=O) groups is 1. The van der Waals surface area contributed by atoms with Crippen LogP contribution in [0.25, 0.3) is 0 Å². The van der Waals surface area contributed by atoms with Crippen molar-refractivity contribution in [3.05, 3.63) is 56.6 Å². The Morgan fingerprint density at radius 1 is 1.23 bits per heavy atom. The van der Waals surface area contributed by atoms with E-state index in [1.165, 1.54) is 25.3 Å². The fourth-order valence-electron chi connectivity index (χ4n) is 2.36. The Kier molecular flexibility index (Phi) is 6.05. The van der Waals surface area contributed by atoms with Crippen LogP contribution in [0, 0.1) is 24.0 Å². The van der Waals surface area contributed by atoms with Gasteiger partial charge in [0.1, 0.15) is 11.5 Å². The molecule has 0 aromatic heterocycles. The molecule has 138 valence electrons. The first kappa shape index (κ1) is 19.5. The van der Waals surface area contributed by atoms with E-state index < -0.39 is 16.9 Å². The molecular weight excluding hydrogens is 360 g/mol. The zero-order chi connectivity index (χ0) is 19.4. The summed E-state index contributed by atoms with van der Waals surface area (Å²) in [7, 11) is 1.37. The number of anilines is 1. The maximum absolute atomic E-state index is 12.4. The van der Waals surface area contributed by atoms with E-state index in [1.807, 2.05) is 13.8 Å². The highest BCUT2D eigenvalue weighted by atomic mass is 35.5. The SMILES string of the molecule is COc1cc([N+](=O)[O-])ccc1NC(=O)[C@H](C)Oc1cc(C)c(Cl)c(C)c1. The monoisotopic (exact) mass is 378 g/mol. The fourth-order valence-corrected chi connectivity index (χ4v) is 2.47. The van der Waals surface area contributed by atoms with Crippen molar-refractivity contribution in [3.63, 3.8) is 0 Å². The van der Waals surface area contributed by atoms with Gasteiger partial charge in [-0.05, 0) is 50.1 Å². The summed E-state index contributed by atoms with van der Waals surface area (Å²) >= 11 is 6.13. The molecule has 2 aromatic carbocycles. The van der Waals surface area contributed by atoms with Crippen molar-refractivity contribution in [3.8, 4) is 11.5 Å². The van der Waals surface area contributed by atoms with E-state index in [9.17, 15) is 14.9 Å². The lowest BCUT2D eigenvalue weighted by molar-refractivity contribution is -0.384. The van der Waals surface area contributed by atoms with Crippen molar-refractivity contribution in [2.75, 3.05) is 12.4 Å². The number of rotatable bonds is 6. The number of nitrogens with one attached hydrogen (secondary N) is 1. The van der Waals surface area contributed by atoms with Crippen LogP contribution in [0.2, 0.25) is 5.02 Å². The van der Waals surface area contributed by atoms with Gasteiger partial charge in [-0.25, -0.2) is 0 Å². The minimum atomic E-state index is -0.796. The number of nitro groups is 1. The Morgan fingerprint density at radius 2 is 1.85 bits per heavy atom. The lowest BCUT2D eigenvalue weighted by Gasteiger charge is -2.17. The minimum absolute atomic E-state index is 0.128. The molecule has 0 saturated carbocycles. The molecule has 0 aliphatic rings. The van der Waals surface area contributed by atoms with Gasteiger partial charge in [-0.1, -0.05) is 11.6 Å². The number of non-ortho nitro benzene ring substituents is 1. The van der Waals surface area contributed by atoms with Crippen molar-refractivity contribution in [2.24, 2.45) is 0 Å². The Morgan fingerprint density at radius 3 is 2.38 bits per heavy atom. The van der Waals surface area contributed by atoms with Crippen molar-refractivity contribution in [2.45, 2.75) is 26.9 Å². The average Bonchev–Trinajstić information content (AvgIpc) is 2.59. The molecule has 26 heavy (non-hydrogen) atoms. The predicted molar refractivity (Wildman–Crippen MR) is 99.3 cm³/mol. The van der Waals surface area contributed by atoms with E-state index in [-0.39, 0.29) is 11.4 Å². The van der Waals surface area contributed by atoms with E-state index >= 15 is 0 Å².